The second kappa shape index (κ2) is 9.75. The molecule has 0 radical (unpaired) electrons. The minimum Gasteiger partial charge on any atom is -0.465 e. The van der Waals surface area contributed by atoms with Crippen molar-refractivity contribution in [2.24, 2.45) is 11.8 Å². The maximum atomic E-state index is 13.8. The summed E-state index contributed by atoms with van der Waals surface area (Å²) in [6.45, 7) is 0.842. The van der Waals surface area contributed by atoms with E-state index in [9.17, 15) is 24.0 Å². The Morgan fingerprint density at radius 2 is 1.27 bits per heavy atom. The van der Waals surface area contributed by atoms with Crippen molar-refractivity contribution in [3.05, 3.63) is 101 Å². The highest BCUT2D eigenvalue weighted by atomic mass is 16.5. The monoisotopic (exact) mass is 538 g/mol. The first-order valence-corrected chi connectivity index (χ1v) is 13.0. The van der Waals surface area contributed by atoms with Crippen LogP contribution in [0.2, 0.25) is 0 Å². The predicted octanol–water partition coefficient (Wildman–Crippen LogP) is 3.24. The Hall–Kier alpha value is -4.79. The van der Waals surface area contributed by atoms with E-state index in [0.717, 1.165) is 27.2 Å². The molecule has 4 aliphatic rings. The fourth-order valence-corrected chi connectivity index (χ4v) is 6.45. The van der Waals surface area contributed by atoms with Crippen LogP contribution < -0.4 is 5.32 Å². The fourth-order valence-electron chi connectivity index (χ4n) is 6.45. The summed E-state index contributed by atoms with van der Waals surface area (Å²) in [7, 11) is 1.27. The van der Waals surface area contributed by atoms with Gasteiger partial charge in [-0.1, -0.05) is 48.5 Å². The molecule has 3 amide bonds. The number of rotatable bonds is 6. The Balaban J connectivity index is 1.16. The van der Waals surface area contributed by atoms with E-state index in [0.29, 0.717) is 11.3 Å². The Bertz CT molecular complexity index is 1450. The number of carbonyl (C=O) groups excluding carboxylic acids is 5. The van der Waals surface area contributed by atoms with Crippen molar-refractivity contribution in [2.75, 3.05) is 19.0 Å². The molecule has 40 heavy (non-hydrogen) atoms. The molecule has 3 aromatic carbocycles. The molecular weight excluding hydrogens is 512 g/mol. The van der Waals surface area contributed by atoms with Crippen LogP contribution in [0.25, 0.3) is 0 Å². The van der Waals surface area contributed by atoms with Crippen molar-refractivity contribution < 1.29 is 33.4 Å². The van der Waals surface area contributed by atoms with Gasteiger partial charge in [0.25, 0.3) is 5.91 Å². The molecule has 0 spiro atoms. The van der Waals surface area contributed by atoms with Crippen LogP contribution in [-0.2, 0) is 28.7 Å². The number of imide groups is 1. The molecule has 1 saturated heterocycles. The quantitative estimate of drug-likeness (QED) is 0.378. The van der Waals surface area contributed by atoms with E-state index < -0.39 is 54.1 Å². The lowest BCUT2D eigenvalue weighted by molar-refractivity contribution is -0.159. The van der Waals surface area contributed by atoms with Crippen LogP contribution in [0.15, 0.2) is 72.8 Å². The number of nitrogens with one attached hydrogen (secondary N) is 1. The molecule has 9 nitrogen and oxygen atoms in total. The summed E-state index contributed by atoms with van der Waals surface area (Å²) in [5.74, 6) is -4.51. The van der Waals surface area contributed by atoms with Crippen LogP contribution in [0, 0.1) is 11.8 Å². The van der Waals surface area contributed by atoms with Gasteiger partial charge in [0, 0.05) is 17.5 Å². The van der Waals surface area contributed by atoms with Crippen LogP contribution in [0.1, 0.15) is 51.4 Å². The molecule has 7 rings (SSSR count). The second-order valence-corrected chi connectivity index (χ2v) is 10.2. The molecular formula is C31H26N2O7. The largest absolute Gasteiger partial charge is 0.465 e. The normalized spacial score (nSPS) is 22.6. The molecule has 0 aromatic heterocycles. The SMILES string of the molecule is COC(=O)c1ccc(NC(=O)COC(=O)[C@H](C)N2C(=O)[C@@H]3C4c5ccccc5C(c5ccccc54)[C@H]3C2=O)cc1. The third kappa shape index (κ3) is 3.88. The van der Waals surface area contributed by atoms with Crippen molar-refractivity contribution in [1.29, 1.82) is 0 Å². The smallest absolute Gasteiger partial charge is 0.337 e. The molecule has 3 atom stereocenters. The molecule has 3 aliphatic carbocycles. The van der Waals surface area contributed by atoms with Crippen LogP contribution in [0.5, 0.6) is 0 Å². The van der Waals surface area contributed by atoms with Crippen molar-refractivity contribution in [1.82, 2.24) is 4.90 Å². The van der Waals surface area contributed by atoms with E-state index in [1.807, 2.05) is 48.5 Å². The Kier molecular flexibility index (Phi) is 6.21. The molecule has 1 fully saturated rings. The maximum Gasteiger partial charge on any atom is 0.337 e. The van der Waals surface area contributed by atoms with E-state index in [2.05, 4.69) is 10.1 Å². The summed E-state index contributed by atoms with van der Waals surface area (Å²) in [4.78, 5) is 65.5. The highest BCUT2D eigenvalue weighted by Gasteiger charge is 2.62. The Morgan fingerprint density at radius 3 is 1.73 bits per heavy atom. The number of anilines is 1. The molecule has 0 saturated carbocycles. The molecule has 2 bridgehead atoms. The minimum atomic E-state index is -1.19. The van der Waals surface area contributed by atoms with Crippen LogP contribution >= 0.6 is 0 Å². The Morgan fingerprint density at radius 1 is 0.800 bits per heavy atom. The number of nitrogens with zero attached hydrogens (tertiary/aromatic N) is 1. The van der Waals surface area contributed by atoms with Crippen molar-refractivity contribution in [3.8, 4) is 0 Å². The number of hydrogen-bond acceptors (Lipinski definition) is 7. The standard InChI is InChI=1S/C31H26N2O7/c1-16(30(37)40-15-23(34)32-18-13-11-17(12-14-18)31(38)39-2)33-28(35)26-24-19-7-3-4-8-20(19)25(27(26)29(33)36)22-10-6-5-9-21(22)24/h3-14,16,24-27H,15H2,1-2H3,(H,32,34)/t16-,24?,25?,26+,27+/m0/s1. The number of carbonyl (C=O) groups is 5. The average Bonchev–Trinajstić information content (AvgIpc) is 3.25. The molecule has 3 aromatic rings. The molecule has 1 N–H and O–H groups in total. The van der Waals surface area contributed by atoms with Crippen molar-refractivity contribution in [3.63, 3.8) is 0 Å². The lowest BCUT2D eigenvalue weighted by atomic mass is 9.55. The average molecular weight is 539 g/mol. The third-order valence-electron chi connectivity index (χ3n) is 8.15. The van der Waals surface area contributed by atoms with Gasteiger partial charge in [0.05, 0.1) is 24.5 Å². The number of amides is 3. The zero-order chi connectivity index (χ0) is 28.1. The van der Waals surface area contributed by atoms with Crippen molar-refractivity contribution >= 4 is 35.3 Å². The van der Waals surface area contributed by atoms with E-state index in [4.69, 9.17) is 4.74 Å². The van der Waals surface area contributed by atoms with E-state index in [1.54, 1.807) is 0 Å². The number of benzene rings is 3. The zero-order valence-electron chi connectivity index (χ0n) is 21.8. The van der Waals surface area contributed by atoms with Gasteiger partial charge in [-0.15, -0.1) is 0 Å². The van der Waals surface area contributed by atoms with Gasteiger partial charge < -0.3 is 14.8 Å². The van der Waals surface area contributed by atoms with Gasteiger partial charge in [0.2, 0.25) is 11.8 Å². The highest BCUT2D eigenvalue weighted by Crippen LogP contribution is 2.61. The van der Waals surface area contributed by atoms with Gasteiger partial charge in [-0.3, -0.25) is 19.3 Å². The lowest BCUT2D eigenvalue weighted by Crippen LogP contribution is -2.45. The Labute approximate surface area is 230 Å². The van der Waals surface area contributed by atoms with E-state index >= 15 is 0 Å². The van der Waals surface area contributed by atoms with Crippen LogP contribution in [0.4, 0.5) is 5.69 Å². The third-order valence-corrected chi connectivity index (χ3v) is 8.15. The van der Waals surface area contributed by atoms with E-state index in [1.165, 1.54) is 38.3 Å². The van der Waals surface area contributed by atoms with E-state index in [-0.39, 0.29) is 11.8 Å². The van der Waals surface area contributed by atoms with Crippen molar-refractivity contribution in [2.45, 2.75) is 24.8 Å². The van der Waals surface area contributed by atoms with Crippen LogP contribution in [-0.4, -0.2) is 54.3 Å². The van der Waals surface area contributed by atoms with Gasteiger partial charge >= 0.3 is 11.9 Å². The molecule has 9 heteroatoms. The number of methoxy groups -OCH3 is 1. The summed E-state index contributed by atoms with van der Waals surface area (Å²) >= 11 is 0. The van der Waals surface area contributed by atoms with Crippen LogP contribution in [0.3, 0.4) is 0 Å². The lowest BCUT2D eigenvalue weighted by Gasteiger charge is -2.45. The topological polar surface area (TPSA) is 119 Å². The summed E-state index contributed by atoms with van der Waals surface area (Å²) in [6.07, 6.45) is 0. The zero-order valence-corrected chi connectivity index (χ0v) is 21.8. The predicted molar refractivity (Wildman–Crippen MR) is 142 cm³/mol. The summed E-state index contributed by atoms with van der Waals surface area (Å²) < 4.78 is 9.85. The molecule has 1 aliphatic heterocycles. The molecule has 202 valence electrons. The first kappa shape index (κ1) is 25.5. The van der Waals surface area contributed by atoms with Gasteiger partial charge in [-0.25, -0.2) is 9.59 Å². The number of ether oxygens (including phenoxy) is 2. The first-order chi connectivity index (χ1) is 19.3. The number of likely N-dealkylation sites (tertiary alicyclic amines) is 1. The maximum absolute atomic E-state index is 13.8. The molecule has 0 unspecified atom stereocenters. The van der Waals surface area contributed by atoms with Gasteiger partial charge in [0.15, 0.2) is 6.61 Å². The first-order valence-electron chi connectivity index (χ1n) is 13.0. The van der Waals surface area contributed by atoms with Gasteiger partial charge in [-0.05, 0) is 53.4 Å². The van der Waals surface area contributed by atoms with Gasteiger partial charge in [0.1, 0.15) is 6.04 Å². The summed E-state index contributed by atoms with van der Waals surface area (Å²) in [6, 6.07) is 20.6. The fraction of sp³-hybridized carbons (Fsp3) is 0.258. The van der Waals surface area contributed by atoms with Gasteiger partial charge in [-0.2, -0.15) is 0 Å². The number of hydrogen-bond donors (Lipinski definition) is 1. The molecule has 1 heterocycles. The summed E-state index contributed by atoms with van der Waals surface area (Å²) in [5.41, 5.74) is 4.89. The highest BCUT2D eigenvalue weighted by molar-refractivity contribution is 6.10. The number of esters is 2. The second-order valence-electron chi connectivity index (χ2n) is 10.2. The summed E-state index contributed by atoms with van der Waals surface area (Å²) in [5, 5.41) is 2.57. The minimum absolute atomic E-state index is 0.275.